The van der Waals surface area contributed by atoms with Crippen LogP contribution < -0.4 is 5.43 Å². The molecule has 0 radical (unpaired) electrons. The molecule has 0 fully saturated rings. The van der Waals surface area contributed by atoms with Crippen LogP contribution in [0.2, 0.25) is 10.0 Å². The second-order valence-electron chi connectivity index (χ2n) is 4.10. The van der Waals surface area contributed by atoms with Gasteiger partial charge in [0.1, 0.15) is 6.07 Å². The van der Waals surface area contributed by atoms with Crippen LogP contribution in [-0.2, 0) is 9.84 Å². The number of anilines is 1. The van der Waals surface area contributed by atoms with Gasteiger partial charge in [-0.3, -0.25) is 5.43 Å². The largest absolute Gasteiger partial charge is 0.277 e. The standard InChI is InChI=1S/C14H9Cl2N3O2S/c15-10-1-5-12(6-2-10)18-19-14(9-17)22(20,21)13-7-3-11(16)4-8-13/h1-8,18H/b19-14+. The molecule has 0 aliphatic heterocycles. The van der Waals surface area contributed by atoms with Crippen LogP contribution in [0.5, 0.6) is 0 Å². The number of benzene rings is 2. The van der Waals surface area contributed by atoms with Gasteiger partial charge in [-0.05, 0) is 48.5 Å². The molecule has 0 saturated carbocycles. The monoisotopic (exact) mass is 353 g/mol. The first-order valence-corrected chi connectivity index (χ1v) is 8.17. The van der Waals surface area contributed by atoms with E-state index in [1.54, 1.807) is 30.3 Å². The Balaban J connectivity index is 2.30. The van der Waals surface area contributed by atoms with E-state index in [0.717, 1.165) is 0 Å². The molecule has 2 rings (SSSR count). The van der Waals surface area contributed by atoms with Crippen molar-refractivity contribution in [2.24, 2.45) is 5.10 Å². The normalized spacial score (nSPS) is 11.8. The quantitative estimate of drug-likeness (QED) is 0.517. The highest BCUT2D eigenvalue weighted by Gasteiger charge is 2.22. The number of hydrogen-bond acceptors (Lipinski definition) is 5. The van der Waals surface area contributed by atoms with Gasteiger partial charge in [-0.15, -0.1) is 0 Å². The Kier molecular flexibility index (Phi) is 5.03. The molecule has 0 atom stereocenters. The summed E-state index contributed by atoms with van der Waals surface area (Å²) in [6.45, 7) is 0. The minimum Gasteiger partial charge on any atom is -0.277 e. The minimum atomic E-state index is -4.00. The first-order chi connectivity index (χ1) is 10.4. The zero-order chi connectivity index (χ0) is 16.2. The molecular weight excluding hydrogens is 345 g/mol. The van der Waals surface area contributed by atoms with Gasteiger partial charge in [0.15, 0.2) is 0 Å². The predicted molar refractivity (Wildman–Crippen MR) is 86.8 cm³/mol. The molecule has 0 saturated heterocycles. The Morgan fingerprint density at radius 2 is 1.50 bits per heavy atom. The average Bonchev–Trinajstić information content (AvgIpc) is 2.50. The second kappa shape index (κ2) is 6.79. The van der Waals surface area contributed by atoms with Crippen LogP contribution in [-0.4, -0.2) is 13.5 Å². The van der Waals surface area contributed by atoms with Crippen LogP contribution in [0.4, 0.5) is 5.69 Å². The summed E-state index contributed by atoms with van der Waals surface area (Å²) in [5, 5.41) is 13.0. The summed E-state index contributed by atoms with van der Waals surface area (Å²) in [4.78, 5) is -0.0601. The molecule has 0 aliphatic carbocycles. The van der Waals surface area contributed by atoms with Crippen LogP contribution in [0.1, 0.15) is 0 Å². The topological polar surface area (TPSA) is 82.3 Å². The summed E-state index contributed by atoms with van der Waals surface area (Å²) in [5.74, 6) is 0. The lowest BCUT2D eigenvalue weighted by Crippen LogP contribution is -2.15. The van der Waals surface area contributed by atoms with E-state index in [1.807, 2.05) is 0 Å². The number of sulfone groups is 1. The van der Waals surface area contributed by atoms with Gasteiger partial charge >= 0.3 is 0 Å². The van der Waals surface area contributed by atoms with E-state index >= 15 is 0 Å². The highest BCUT2D eigenvalue weighted by Crippen LogP contribution is 2.17. The third-order valence-electron chi connectivity index (χ3n) is 2.60. The molecule has 0 unspecified atom stereocenters. The Bertz CT molecular complexity index is 839. The fraction of sp³-hybridized carbons (Fsp3) is 0. The maximum Gasteiger partial charge on any atom is 0.256 e. The van der Waals surface area contributed by atoms with Crippen LogP contribution >= 0.6 is 23.2 Å². The summed E-state index contributed by atoms with van der Waals surface area (Å²) in [6.07, 6.45) is 0. The first kappa shape index (κ1) is 16.3. The molecule has 2 aromatic rings. The highest BCUT2D eigenvalue weighted by atomic mass is 35.5. The molecule has 0 aliphatic rings. The molecule has 22 heavy (non-hydrogen) atoms. The van der Waals surface area contributed by atoms with Gasteiger partial charge < -0.3 is 0 Å². The van der Waals surface area contributed by atoms with Crippen molar-refractivity contribution in [3.63, 3.8) is 0 Å². The van der Waals surface area contributed by atoms with Crippen molar-refractivity contribution in [3.05, 3.63) is 58.6 Å². The van der Waals surface area contributed by atoms with Gasteiger partial charge in [0.2, 0.25) is 9.84 Å². The predicted octanol–water partition coefficient (Wildman–Crippen LogP) is 3.72. The van der Waals surface area contributed by atoms with Crippen LogP contribution in [0.25, 0.3) is 0 Å². The number of nitriles is 1. The molecule has 112 valence electrons. The van der Waals surface area contributed by atoms with Gasteiger partial charge in [-0.25, -0.2) is 8.42 Å². The number of halogens is 2. The average molecular weight is 354 g/mol. The number of hydrogen-bond donors (Lipinski definition) is 1. The Morgan fingerprint density at radius 3 is 2.00 bits per heavy atom. The van der Waals surface area contributed by atoms with E-state index in [1.165, 1.54) is 24.3 Å². The van der Waals surface area contributed by atoms with Gasteiger partial charge in [0.05, 0.1) is 10.6 Å². The zero-order valence-corrected chi connectivity index (χ0v) is 13.3. The van der Waals surface area contributed by atoms with Crippen molar-refractivity contribution in [2.45, 2.75) is 4.90 Å². The van der Waals surface area contributed by atoms with Crippen LogP contribution in [0.3, 0.4) is 0 Å². The maximum atomic E-state index is 12.3. The van der Waals surface area contributed by atoms with Crippen molar-refractivity contribution in [1.82, 2.24) is 0 Å². The zero-order valence-electron chi connectivity index (χ0n) is 11.0. The Labute approximate surface area is 137 Å². The maximum absolute atomic E-state index is 12.3. The third kappa shape index (κ3) is 3.77. The lowest BCUT2D eigenvalue weighted by molar-refractivity contribution is 0.607. The third-order valence-corrected chi connectivity index (χ3v) is 4.69. The number of nitrogens with one attached hydrogen (secondary N) is 1. The van der Waals surface area contributed by atoms with E-state index in [-0.39, 0.29) is 4.90 Å². The molecule has 0 bridgehead atoms. The summed E-state index contributed by atoms with van der Waals surface area (Å²) in [5.41, 5.74) is 3.01. The Hall–Kier alpha value is -2.07. The van der Waals surface area contributed by atoms with Gasteiger partial charge in [0, 0.05) is 10.0 Å². The van der Waals surface area contributed by atoms with Gasteiger partial charge in [0.25, 0.3) is 5.04 Å². The van der Waals surface area contributed by atoms with E-state index in [9.17, 15) is 8.42 Å². The minimum absolute atomic E-state index is 0.0601. The summed E-state index contributed by atoms with van der Waals surface area (Å²) >= 11 is 11.5. The molecular formula is C14H9Cl2N3O2S. The van der Waals surface area contributed by atoms with Crippen molar-refractivity contribution in [1.29, 1.82) is 5.26 Å². The smallest absolute Gasteiger partial charge is 0.256 e. The van der Waals surface area contributed by atoms with E-state index in [4.69, 9.17) is 28.5 Å². The summed E-state index contributed by atoms with van der Waals surface area (Å²) in [7, 11) is -4.00. The number of hydrazone groups is 1. The molecule has 0 spiro atoms. The SMILES string of the molecule is N#C/C(=N\Nc1ccc(Cl)cc1)S(=O)(=O)c1ccc(Cl)cc1. The van der Waals surface area contributed by atoms with E-state index in [2.05, 4.69) is 10.5 Å². The summed E-state index contributed by atoms with van der Waals surface area (Å²) in [6, 6.07) is 13.5. The van der Waals surface area contributed by atoms with Crippen molar-refractivity contribution in [3.8, 4) is 6.07 Å². The number of nitrogens with zero attached hydrogens (tertiary/aromatic N) is 2. The fourth-order valence-electron chi connectivity index (χ4n) is 1.51. The number of rotatable bonds is 3. The summed E-state index contributed by atoms with van der Waals surface area (Å²) < 4.78 is 24.6. The molecule has 0 heterocycles. The molecule has 1 N–H and O–H groups in total. The van der Waals surface area contributed by atoms with Gasteiger partial charge in [-0.2, -0.15) is 10.4 Å². The first-order valence-electron chi connectivity index (χ1n) is 5.93. The molecule has 8 heteroatoms. The Morgan fingerprint density at radius 1 is 1.00 bits per heavy atom. The van der Waals surface area contributed by atoms with Crippen LogP contribution in [0.15, 0.2) is 58.5 Å². The molecule has 5 nitrogen and oxygen atoms in total. The van der Waals surface area contributed by atoms with Crippen molar-refractivity contribution >= 4 is 43.8 Å². The van der Waals surface area contributed by atoms with E-state index in [0.29, 0.717) is 15.7 Å². The molecule has 2 aromatic carbocycles. The van der Waals surface area contributed by atoms with E-state index < -0.39 is 14.9 Å². The highest BCUT2D eigenvalue weighted by molar-refractivity contribution is 8.07. The lowest BCUT2D eigenvalue weighted by Gasteiger charge is -2.04. The lowest BCUT2D eigenvalue weighted by atomic mass is 10.3. The molecule has 0 aromatic heterocycles. The molecule has 0 amide bonds. The fourth-order valence-corrected chi connectivity index (χ4v) is 2.77. The van der Waals surface area contributed by atoms with Gasteiger partial charge in [-0.1, -0.05) is 23.2 Å². The van der Waals surface area contributed by atoms with Crippen molar-refractivity contribution in [2.75, 3.05) is 5.43 Å². The second-order valence-corrected chi connectivity index (χ2v) is 6.84. The van der Waals surface area contributed by atoms with Crippen molar-refractivity contribution < 1.29 is 8.42 Å². The van der Waals surface area contributed by atoms with Crippen LogP contribution in [0, 0.1) is 11.3 Å².